The predicted molar refractivity (Wildman–Crippen MR) is 42.9 cm³/mol. The number of nitrogens with two attached hydrogens (primary N) is 1. The van der Waals surface area contributed by atoms with Crippen LogP contribution < -0.4 is 10.4 Å². The van der Waals surface area contributed by atoms with Crippen molar-refractivity contribution in [2.24, 2.45) is 0 Å². The van der Waals surface area contributed by atoms with Crippen LogP contribution in [0.5, 0.6) is 0 Å². The van der Waals surface area contributed by atoms with E-state index in [0.29, 0.717) is 6.04 Å². The summed E-state index contributed by atoms with van der Waals surface area (Å²) in [4.78, 5) is 0. The molecule has 3 nitrogen and oxygen atoms in total. The van der Waals surface area contributed by atoms with Gasteiger partial charge in [-0.1, -0.05) is 0 Å². The average Bonchev–Trinajstić information content (AvgIpc) is 2.55. The van der Waals surface area contributed by atoms with Gasteiger partial charge in [0, 0.05) is 12.8 Å². The summed E-state index contributed by atoms with van der Waals surface area (Å²) in [6.07, 6.45) is 9.14. The van der Waals surface area contributed by atoms with E-state index in [4.69, 9.17) is 5.73 Å². The first kappa shape index (κ1) is 6.70. The number of aromatic nitrogens is 2. The Morgan fingerprint density at radius 2 is 2.18 bits per heavy atom. The van der Waals surface area contributed by atoms with Gasteiger partial charge in [-0.15, -0.1) is 4.68 Å². The van der Waals surface area contributed by atoms with Gasteiger partial charge in [-0.3, -0.25) is 0 Å². The second-order valence-electron chi connectivity index (χ2n) is 3.25. The first-order valence-corrected chi connectivity index (χ1v) is 4.21. The molecular weight excluding hydrogens is 138 g/mol. The van der Waals surface area contributed by atoms with Crippen LogP contribution in [0.25, 0.3) is 0 Å². The second-order valence-corrected chi connectivity index (χ2v) is 3.25. The molecule has 0 saturated heterocycles. The second kappa shape index (κ2) is 2.57. The largest absolute Gasteiger partial charge is 0.392 e. The fourth-order valence-corrected chi connectivity index (χ4v) is 1.78. The number of nitrogen functional groups attached to an aromatic ring is 1. The zero-order valence-corrected chi connectivity index (χ0v) is 6.59. The lowest BCUT2D eigenvalue weighted by atomic mass is 10.3. The molecule has 0 aromatic carbocycles. The molecule has 11 heavy (non-hydrogen) atoms. The molecule has 1 aliphatic carbocycles. The van der Waals surface area contributed by atoms with Crippen LogP contribution in [0.3, 0.4) is 0 Å². The molecule has 0 aliphatic heterocycles. The van der Waals surface area contributed by atoms with Crippen LogP contribution in [0.2, 0.25) is 0 Å². The molecule has 3 N–H and O–H groups in total. The Morgan fingerprint density at radius 3 is 2.73 bits per heavy atom. The summed E-state index contributed by atoms with van der Waals surface area (Å²) in [5, 5.41) is 3.14. The molecule has 1 fully saturated rings. The highest BCUT2D eigenvalue weighted by Crippen LogP contribution is 2.24. The molecule has 1 aromatic heterocycles. The zero-order valence-electron chi connectivity index (χ0n) is 6.59. The Morgan fingerprint density at radius 1 is 1.45 bits per heavy atom. The number of nitrogens with zero attached hydrogens (tertiary/aromatic N) is 1. The number of aromatic amines is 1. The van der Waals surface area contributed by atoms with Crippen LogP contribution >= 0.6 is 0 Å². The van der Waals surface area contributed by atoms with E-state index in [0.717, 1.165) is 5.69 Å². The van der Waals surface area contributed by atoms with Gasteiger partial charge in [0.2, 0.25) is 6.20 Å². The van der Waals surface area contributed by atoms with Gasteiger partial charge in [0.15, 0.2) is 6.04 Å². The zero-order chi connectivity index (χ0) is 7.68. The maximum Gasteiger partial charge on any atom is 0.218 e. The molecule has 0 radical (unpaired) electrons. The van der Waals surface area contributed by atoms with E-state index in [-0.39, 0.29) is 0 Å². The quantitative estimate of drug-likeness (QED) is 0.579. The maximum atomic E-state index is 5.59. The Labute approximate surface area is 66.2 Å². The molecule has 1 aromatic rings. The molecule has 1 heterocycles. The third-order valence-electron chi connectivity index (χ3n) is 2.39. The number of anilines is 1. The van der Waals surface area contributed by atoms with E-state index in [1.807, 2.05) is 12.4 Å². The Hall–Kier alpha value is -0.990. The first-order valence-electron chi connectivity index (χ1n) is 4.21. The van der Waals surface area contributed by atoms with Gasteiger partial charge in [0.05, 0.1) is 6.20 Å². The van der Waals surface area contributed by atoms with Crippen molar-refractivity contribution >= 4 is 5.69 Å². The van der Waals surface area contributed by atoms with Crippen LogP contribution in [0, 0.1) is 0 Å². The van der Waals surface area contributed by atoms with Gasteiger partial charge in [-0.2, -0.15) is 5.10 Å². The van der Waals surface area contributed by atoms with E-state index in [2.05, 4.69) is 9.78 Å². The summed E-state index contributed by atoms with van der Waals surface area (Å²) in [6, 6.07) is 0.673. The van der Waals surface area contributed by atoms with E-state index in [9.17, 15) is 0 Å². The standard InChI is InChI=1S/C8H13N3/c9-7-5-10-11(6-7)8-3-1-2-4-8/h5-6,8H,1-4,9H2/p+1. The van der Waals surface area contributed by atoms with Crippen molar-refractivity contribution < 1.29 is 4.68 Å². The molecule has 1 aliphatic rings. The van der Waals surface area contributed by atoms with Crippen molar-refractivity contribution in [3.63, 3.8) is 0 Å². The monoisotopic (exact) mass is 152 g/mol. The van der Waals surface area contributed by atoms with E-state index in [1.54, 1.807) is 0 Å². The smallest absolute Gasteiger partial charge is 0.218 e. The van der Waals surface area contributed by atoms with Crippen molar-refractivity contribution in [1.82, 2.24) is 5.10 Å². The minimum Gasteiger partial charge on any atom is -0.392 e. The molecular formula is C8H14N3+. The predicted octanol–water partition coefficient (Wildman–Crippen LogP) is 0.999. The van der Waals surface area contributed by atoms with E-state index in [1.165, 1.54) is 25.7 Å². The summed E-state index contributed by atoms with van der Waals surface area (Å²) in [6.45, 7) is 0. The third-order valence-corrected chi connectivity index (χ3v) is 2.39. The SMILES string of the molecule is Nc1c[nH][n+](C2CCCC2)c1. The van der Waals surface area contributed by atoms with Gasteiger partial charge in [-0.25, -0.2) is 0 Å². The lowest BCUT2D eigenvalue weighted by Crippen LogP contribution is -2.38. The molecule has 1 saturated carbocycles. The number of nitrogens with one attached hydrogen (secondary N) is 1. The first-order chi connectivity index (χ1) is 5.36. The normalized spacial score (nSPS) is 19.3. The molecule has 2 rings (SSSR count). The lowest BCUT2D eigenvalue weighted by Gasteiger charge is -1.97. The maximum absolute atomic E-state index is 5.59. The molecule has 0 atom stereocenters. The fraction of sp³-hybridized carbons (Fsp3) is 0.625. The topological polar surface area (TPSA) is 45.7 Å². The van der Waals surface area contributed by atoms with Gasteiger partial charge >= 0.3 is 0 Å². The molecule has 3 heteroatoms. The third kappa shape index (κ3) is 1.23. The Bertz CT molecular complexity index is 235. The van der Waals surface area contributed by atoms with Crippen molar-refractivity contribution in [2.75, 3.05) is 5.73 Å². The summed E-state index contributed by atoms with van der Waals surface area (Å²) < 4.78 is 2.13. The minimum atomic E-state index is 0.673. The lowest BCUT2D eigenvalue weighted by molar-refractivity contribution is -0.772. The minimum absolute atomic E-state index is 0.673. The van der Waals surface area contributed by atoms with Crippen molar-refractivity contribution in [2.45, 2.75) is 31.7 Å². The van der Waals surface area contributed by atoms with Gasteiger partial charge < -0.3 is 5.73 Å². The fourth-order valence-electron chi connectivity index (χ4n) is 1.78. The number of rotatable bonds is 1. The highest BCUT2D eigenvalue weighted by molar-refractivity contribution is 5.27. The number of hydrogen-bond acceptors (Lipinski definition) is 1. The van der Waals surface area contributed by atoms with Crippen LogP contribution in [0.4, 0.5) is 5.69 Å². The van der Waals surface area contributed by atoms with Crippen molar-refractivity contribution in [1.29, 1.82) is 0 Å². The molecule has 60 valence electrons. The highest BCUT2D eigenvalue weighted by Gasteiger charge is 2.24. The summed E-state index contributed by atoms with van der Waals surface area (Å²) in [7, 11) is 0. The summed E-state index contributed by atoms with van der Waals surface area (Å²) in [5.74, 6) is 0. The van der Waals surface area contributed by atoms with E-state index >= 15 is 0 Å². The summed E-state index contributed by atoms with van der Waals surface area (Å²) >= 11 is 0. The van der Waals surface area contributed by atoms with Crippen LogP contribution in [-0.4, -0.2) is 5.10 Å². The van der Waals surface area contributed by atoms with Gasteiger partial charge in [-0.05, 0) is 12.8 Å². The average molecular weight is 152 g/mol. The molecule has 0 bridgehead atoms. The Kier molecular flexibility index (Phi) is 1.56. The molecule has 0 spiro atoms. The number of H-pyrrole nitrogens is 1. The van der Waals surface area contributed by atoms with Crippen LogP contribution in [0.15, 0.2) is 12.4 Å². The summed E-state index contributed by atoms with van der Waals surface area (Å²) in [5.41, 5.74) is 6.42. The molecule has 0 amide bonds. The highest BCUT2D eigenvalue weighted by atomic mass is 15.3. The number of hydrogen-bond donors (Lipinski definition) is 2. The van der Waals surface area contributed by atoms with Gasteiger partial charge in [0.1, 0.15) is 5.69 Å². The van der Waals surface area contributed by atoms with Gasteiger partial charge in [0.25, 0.3) is 0 Å². The van der Waals surface area contributed by atoms with Crippen LogP contribution in [-0.2, 0) is 0 Å². The molecule has 0 unspecified atom stereocenters. The van der Waals surface area contributed by atoms with Crippen molar-refractivity contribution in [3.8, 4) is 0 Å². The Balaban J connectivity index is 2.15. The van der Waals surface area contributed by atoms with Crippen molar-refractivity contribution in [3.05, 3.63) is 12.4 Å². The van der Waals surface area contributed by atoms with Crippen LogP contribution in [0.1, 0.15) is 31.7 Å². The van der Waals surface area contributed by atoms with E-state index < -0.39 is 0 Å².